The van der Waals surface area contributed by atoms with E-state index in [4.69, 9.17) is 21.7 Å². The average molecular weight is 365 g/mol. The Hall–Kier alpha value is -3.19. The molecule has 3 heterocycles. The van der Waals surface area contributed by atoms with Crippen LogP contribution in [0.1, 0.15) is 0 Å². The van der Waals surface area contributed by atoms with Gasteiger partial charge in [0.25, 0.3) is 0 Å². The lowest BCUT2D eigenvalue weighted by Gasteiger charge is -2.05. The van der Waals surface area contributed by atoms with Crippen LogP contribution < -0.4 is 9.47 Å². The molecule has 0 atom stereocenters. The van der Waals surface area contributed by atoms with Gasteiger partial charge in [-0.3, -0.25) is 4.40 Å². The fourth-order valence-electron chi connectivity index (χ4n) is 3.10. The van der Waals surface area contributed by atoms with Gasteiger partial charge in [-0.05, 0) is 42.0 Å². The number of hydrogen-bond acceptors (Lipinski definition) is 4. The molecule has 0 unspecified atom stereocenters. The van der Waals surface area contributed by atoms with Crippen molar-refractivity contribution in [1.82, 2.24) is 14.4 Å². The van der Waals surface area contributed by atoms with E-state index in [9.17, 15) is 4.39 Å². The van der Waals surface area contributed by atoms with Crippen LogP contribution in [0.5, 0.6) is 11.5 Å². The van der Waals surface area contributed by atoms with Crippen LogP contribution in [0.15, 0.2) is 54.9 Å². The number of rotatable bonds is 2. The molecule has 0 fully saturated rings. The second kappa shape index (κ2) is 5.67. The van der Waals surface area contributed by atoms with Crippen molar-refractivity contribution in [3.05, 3.63) is 65.4 Å². The van der Waals surface area contributed by atoms with Gasteiger partial charge in [0.1, 0.15) is 11.5 Å². The van der Waals surface area contributed by atoms with Gasteiger partial charge in [-0.1, -0.05) is 18.2 Å². The normalized spacial score (nSPS) is 12.7. The summed E-state index contributed by atoms with van der Waals surface area (Å²) in [7, 11) is 0. The highest BCUT2D eigenvalue weighted by Gasteiger charge is 2.17. The summed E-state index contributed by atoms with van der Waals surface area (Å²) in [6.45, 7) is 0.215. The number of fused-ring (bicyclic) bond motifs is 2. The van der Waals surface area contributed by atoms with E-state index in [1.165, 1.54) is 6.07 Å². The molecule has 1 aliphatic heterocycles. The highest BCUT2D eigenvalue weighted by Crippen LogP contribution is 2.37. The van der Waals surface area contributed by atoms with Crippen LogP contribution in [-0.2, 0) is 0 Å². The molecule has 0 amide bonds. The summed E-state index contributed by atoms with van der Waals surface area (Å²) in [5, 5.41) is 0. The van der Waals surface area contributed by atoms with Crippen LogP contribution in [0.25, 0.3) is 28.0 Å². The van der Waals surface area contributed by atoms with Gasteiger partial charge >= 0.3 is 0 Å². The maximum Gasteiger partial charge on any atom is 0.231 e. The third-order valence-corrected chi connectivity index (χ3v) is 4.67. The summed E-state index contributed by atoms with van der Waals surface area (Å²) in [5.41, 5.74) is 3.57. The van der Waals surface area contributed by atoms with Crippen molar-refractivity contribution in [1.29, 1.82) is 0 Å². The summed E-state index contributed by atoms with van der Waals surface area (Å²) in [6.07, 6.45) is 3.47. The maximum absolute atomic E-state index is 14.2. The molecule has 128 valence electrons. The molecule has 2 aromatic carbocycles. The molecule has 4 aromatic rings. The molecule has 5 rings (SSSR count). The van der Waals surface area contributed by atoms with Crippen LogP contribution in [0, 0.1) is 10.6 Å². The Labute approximate surface area is 152 Å². The molecule has 1 aliphatic rings. The topological polar surface area (TPSA) is 51.6 Å². The largest absolute Gasteiger partial charge is 0.454 e. The van der Waals surface area contributed by atoms with Crippen LogP contribution >= 0.6 is 12.2 Å². The number of imidazole rings is 1. The summed E-state index contributed by atoms with van der Waals surface area (Å²) in [4.78, 5) is 7.57. The van der Waals surface area contributed by atoms with Gasteiger partial charge in [-0.15, -0.1) is 0 Å². The molecule has 0 bridgehead atoms. The number of aromatic nitrogens is 3. The molecular weight excluding hydrogens is 353 g/mol. The fourth-order valence-corrected chi connectivity index (χ4v) is 3.29. The second-order valence-electron chi connectivity index (χ2n) is 5.89. The van der Waals surface area contributed by atoms with E-state index in [2.05, 4.69) is 9.97 Å². The zero-order chi connectivity index (χ0) is 17.7. The predicted molar refractivity (Wildman–Crippen MR) is 97.3 cm³/mol. The molecule has 7 heteroatoms. The van der Waals surface area contributed by atoms with E-state index in [1.54, 1.807) is 35.0 Å². The van der Waals surface area contributed by atoms with E-state index in [0.29, 0.717) is 27.5 Å². The SMILES string of the molecule is Fc1ccccc1-c1cn2c(=S)ncc(-c3ccc4c(c3)OCO4)c2[nH]1. The van der Waals surface area contributed by atoms with E-state index in [-0.39, 0.29) is 12.6 Å². The number of hydrogen-bond donors (Lipinski definition) is 1. The number of ether oxygens (including phenoxy) is 2. The minimum Gasteiger partial charge on any atom is -0.454 e. The summed E-state index contributed by atoms with van der Waals surface area (Å²) < 4.78 is 27.1. The summed E-state index contributed by atoms with van der Waals surface area (Å²) in [5.74, 6) is 1.09. The molecule has 26 heavy (non-hydrogen) atoms. The van der Waals surface area contributed by atoms with Crippen molar-refractivity contribution < 1.29 is 13.9 Å². The van der Waals surface area contributed by atoms with E-state index >= 15 is 0 Å². The van der Waals surface area contributed by atoms with Crippen LogP contribution in [0.2, 0.25) is 0 Å². The first-order valence-electron chi connectivity index (χ1n) is 7.96. The highest BCUT2D eigenvalue weighted by molar-refractivity contribution is 7.71. The van der Waals surface area contributed by atoms with Crippen LogP contribution in [0.3, 0.4) is 0 Å². The van der Waals surface area contributed by atoms with Crippen molar-refractivity contribution in [2.24, 2.45) is 0 Å². The van der Waals surface area contributed by atoms with Crippen LogP contribution in [-0.4, -0.2) is 21.2 Å². The van der Waals surface area contributed by atoms with Crippen molar-refractivity contribution in [3.63, 3.8) is 0 Å². The maximum atomic E-state index is 14.2. The third kappa shape index (κ3) is 2.28. The van der Waals surface area contributed by atoms with E-state index in [0.717, 1.165) is 16.8 Å². The first-order valence-corrected chi connectivity index (χ1v) is 8.37. The Morgan fingerprint density at radius 1 is 1.08 bits per heavy atom. The molecule has 2 aromatic heterocycles. The van der Waals surface area contributed by atoms with Crippen molar-refractivity contribution in [3.8, 4) is 33.9 Å². The smallest absolute Gasteiger partial charge is 0.231 e. The second-order valence-corrected chi connectivity index (χ2v) is 6.25. The molecule has 0 saturated carbocycles. The third-order valence-electron chi connectivity index (χ3n) is 4.37. The number of nitrogens with zero attached hydrogens (tertiary/aromatic N) is 2. The molecule has 0 saturated heterocycles. The molecular formula is C19H12FN3O2S. The lowest BCUT2D eigenvalue weighted by atomic mass is 10.1. The first-order chi connectivity index (χ1) is 12.7. The van der Waals surface area contributed by atoms with Gasteiger partial charge in [0.05, 0.1) is 5.69 Å². The zero-order valence-electron chi connectivity index (χ0n) is 13.4. The number of halogens is 1. The Kier molecular flexibility index (Phi) is 3.29. The Bertz CT molecular complexity index is 1220. The number of H-pyrrole nitrogens is 1. The molecule has 5 nitrogen and oxygen atoms in total. The lowest BCUT2D eigenvalue weighted by Crippen LogP contribution is -1.93. The number of aromatic amines is 1. The lowest BCUT2D eigenvalue weighted by molar-refractivity contribution is 0.174. The summed E-state index contributed by atoms with van der Waals surface area (Å²) >= 11 is 5.33. The Morgan fingerprint density at radius 3 is 2.81 bits per heavy atom. The van der Waals surface area contributed by atoms with Crippen LogP contribution in [0.4, 0.5) is 4.39 Å². The molecule has 0 spiro atoms. The Balaban J connectivity index is 1.73. The minimum absolute atomic E-state index is 0.215. The average Bonchev–Trinajstić information content (AvgIpc) is 3.29. The highest BCUT2D eigenvalue weighted by atomic mass is 32.1. The molecule has 0 aliphatic carbocycles. The predicted octanol–water partition coefficient (Wildman–Crippen LogP) is 4.59. The van der Waals surface area contributed by atoms with Gasteiger partial charge in [-0.2, -0.15) is 0 Å². The van der Waals surface area contributed by atoms with Gasteiger partial charge in [0.2, 0.25) is 11.6 Å². The van der Waals surface area contributed by atoms with Gasteiger partial charge in [-0.25, -0.2) is 9.37 Å². The van der Waals surface area contributed by atoms with Crippen molar-refractivity contribution >= 4 is 17.9 Å². The van der Waals surface area contributed by atoms with Crippen molar-refractivity contribution in [2.75, 3.05) is 6.79 Å². The van der Waals surface area contributed by atoms with Gasteiger partial charge in [0, 0.05) is 23.5 Å². The van der Waals surface area contributed by atoms with Gasteiger partial charge < -0.3 is 14.5 Å². The van der Waals surface area contributed by atoms with E-state index < -0.39 is 0 Å². The molecule has 1 N–H and O–H groups in total. The summed E-state index contributed by atoms with van der Waals surface area (Å²) in [6, 6.07) is 12.3. The fraction of sp³-hybridized carbons (Fsp3) is 0.0526. The number of benzene rings is 2. The Morgan fingerprint density at radius 2 is 1.92 bits per heavy atom. The van der Waals surface area contributed by atoms with Gasteiger partial charge in [0.15, 0.2) is 11.5 Å². The van der Waals surface area contributed by atoms with E-state index in [1.807, 2.05) is 18.2 Å². The molecule has 0 radical (unpaired) electrons. The quantitative estimate of drug-likeness (QED) is 0.528. The zero-order valence-corrected chi connectivity index (χ0v) is 14.2. The standard InChI is InChI=1S/C19H12FN3O2S/c20-14-4-2-1-3-12(14)15-9-23-18(22-15)13(8-21-19(23)26)11-5-6-16-17(7-11)25-10-24-16/h1-9,22H,10H2. The first kappa shape index (κ1) is 15.1. The number of nitrogens with one attached hydrogen (secondary N) is 1. The minimum atomic E-state index is -0.303. The van der Waals surface area contributed by atoms with Crippen molar-refractivity contribution in [2.45, 2.75) is 0 Å². The monoisotopic (exact) mass is 365 g/mol.